The molecule has 0 spiro atoms. The summed E-state index contributed by atoms with van der Waals surface area (Å²) in [6.07, 6.45) is -2.50. The molecule has 7 heteroatoms. The van der Waals surface area contributed by atoms with Crippen molar-refractivity contribution in [3.63, 3.8) is 0 Å². The zero-order valence-corrected chi connectivity index (χ0v) is 10.7. The summed E-state index contributed by atoms with van der Waals surface area (Å²) in [4.78, 5) is 4.10. The molecule has 0 radical (unpaired) electrons. The molecule has 0 aliphatic rings. The number of halogens is 4. The number of aromatic nitrogens is 2. The summed E-state index contributed by atoms with van der Waals surface area (Å²) in [6, 6.07) is 4.58. The van der Waals surface area contributed by atoms with Gasteiger partial charge in [0, 0.05) is 6.54 Å². The molecule has 0 aliphatic carbocycles. The van der Waals surface area contributed by atoms with Crippen molar-refractivity contribution in [2.24, 2.45) is 0 Å². The number of nitrogens with zero attached hydrogens (tertiary/aromatic N) is 2. The third-order valence-corrected chi connectivity index (χ3v) is 2.87. The van der Waals surface area contributed by atoms with E-state index in [0.717, 1.165) is 0 Å². The predicted octanol–water partition coefficient (Wildman–Crippen LogP) is 3.20. The van der Waals surface area contributed by atoms with Gasteiger partial charge in [0.05, 0.1) is 18.0 Å². The van der Waals surface area contributed by atoms with E-state index in [-0.39, 0.29) is 18.0 Å². The molecule has 0 saturated heterocycles. The van der Waals surface area contributed by atoms with Gasteiger partial charge in [-0.1, -0.05) is 6.07 Å². The molecule has 1 aromatic heterocycles. The van der Waals surface area contributed by atoms with E-state index in [2.05, 4.69) is 4.98 Å². The maximum Gasteiger partial charge on any atom is 0.261 e. The largest absolute Gasteiger partial charge is 0.374 e. The Kier molecular flexibility index (Phi) is 4.66. The standard InChI is InChI=1S/C12H12ClF3N2O/c13-6-11-17-12-8(14)2-1-3-9(12)18(11)4-5-19-7-10(15)16/h1-3,10H,4-7H2. The molecule has 0 aliphatic heterocycles. The number of ether oxygens (including phenoxy) is 1. The number of fused-ring (bicyclic) bond motifs is 1. The third-order valence-electron chi connectivity index (χ3n) is 2.63. The molecule has 0 fully saturated rings. The second-order valence-electron chi connectivity index (χ2n) is 3.89. The number of para-hydroxylation sites is 1. The van der Waals surface area contributed by atoms with Gasteiger partial charge in [0.15, 0.2) is 5.82 Å². The summed E-state index contributed by atoms with van der Waals surface area (Å²) >= 11 is 5.75. The summed E-state index contributed by atoms with van der Waals surface area (Å²) < 4.78 is 43.9. The maximum absolute atomic E-state index is 13.6. The topological polar surface area (TPSA) is 27.1 Å². The van der Waals surface area contributed by atoms with Crippen LogP contribution in [-0.2, 0) is 17.2 Å². The number of hydrogen-bond acceptors (Lipinski definition) is 2. The highest BCUT2D eigenvalue weighted by molar-refractivity contribution is 6.16. The van der Waals surface area contributed by atoms with Gasteiger partial charge in [0.25, 0.3) is 6.43 Å². The molecule has 0 saturated carbocycles. The molecule has 0 amide bonds. The summed E-state index contributed by atoms with van der Waals surface area (Å²) in [5, 5.41) is 0. The quantitative estimate of drug-likeness (QED) is 0.604. The van der Waals surface area contributed by atoms with Gasteiger partial charge in [-0.15, -0.1) is 11.6 Å². The van der Waals surface area contributed by atoms with Gasteiger partial charge in [-0.2, -0.15) is 0 Å². The van der Waals surface area contributed by atoms with Crippen LogP contribution in [0.1, 0.15) is 5.82 Å². The fraction of sp³-hybridized carbons (Fsp3) is 0.417. The average Bonchev–Trinajstić information content (AvgIpc) is 2.74. The number of rotatable bonds is 6. The number of hydrogen-bond donors (Lipinski definition) is 0. The Morgan fingerprint density at radius 3 is 2.84 bits per heavy atom. The van der Waals surface area contributed by atoms with Crippen LogP contribution in [0.5, 0.6) is 0 Å². The minimum atomic E-state index is -2.50. The van der Waals surface area contributed by atoms with Crippen LogP contribution < -0.4 is 0 Å². The molecule has 1 heterocycles. The molecule has 2 rings (SSSR count). The minimum absolute atomic E-state index is 0.0935. The van der Waals surface area contributed by atoms with Crippen molar-refractivity contribution >= 4 is 22.6 Å². The normalized spacial score (nSPS) is 11.6. The Morgan fingerprint density at radius 1 is 1.37 bits per heavy atom. The first-order chi connectivity index (χ1) is 9.13. The molecule has 0 atom stereocenters. The van der Waals surface area contributed by atoms with Gasteiger partial charge in [-0.3, -0.25) is 0 Å². The van der Waals surface area contributed by atoms with Crippen LogP contribution in [0.3, 0.4) is 0 Å². The first kappa shape index (κ1) is 14.1. The van der Waals surface area contributed by atoms with E-state index in [1.54, 1.807) is 16.7 Å². The third kappa shape index (κ3) is 3.19. The lowest BCUT2D eigenvalue weighted by Crippen LogP contribution is -2.12. The predicted molar refractivity (Wildman–Crippen MR) is 66.1 cm³/mol. The van der Waals surface area contributed by atoms with E-state index in [1.807, 2.05) is 0 Å². The summed E-state index contributed by atoms with van der Waals surface area (Å²) in [7, 11) is 0. The average molecular weight is 293 g/mol. The summed E-state index contributed by atoms with van der Waals surface area (Å²) in [5.74, 6) is 0.168. The lowest BCUT2D eigenvalue weighted by Gasteiger charge is -2.08. The summed E-state index contributed by atoms with van der Waals surface area (Å²) in [5.41, 5.74) is 0.809. The molecule has 104 valence electrons. The van der Waals surface area contributed by atoms with Crippen LogP contribution in [0.25, 0.3) is 11.0 Å². The van der Waals surface area contributed by atoms with Crippen molar-refractivity contribution in [2.45, 2.75) is 18.9 Å². The molecule has 0 unspecified atom stereocenters. The fourth-order valence-electron chi connectivity index (χ4n) is 1.84. The fourth-order valence-corrected chi connectivity index (χ4v) is 2.04. The maximum atomic E-state index is 13.6. The van der Waals surface area contributed by atoms with E-state index >= 15 is 0 Å². The second kappa shape index (κ2) is 6.25. The Morgan fingerprint density at radius 2 is 2.16 bits per heavy atom. The van der Waals surface area contributed by atoms with Gasteiger partial charge in [0.2, 0.25) is 0 Å². The molecule has 0 N–H and O–H groups in total. The minimum Gasteiger partial charge on any atom is -0.374 e. The van der Waals surface area contributed by atoms with Gasteiger partial charge in [-0.25, -0.2) is 18.2 Å². The Balaban J connectivity index is 2.18. The van der Waals surface area contributed by atoms with Crippen LogP contribution in [0.4, 0.5) is 13.2 Å². The Labute approximate surface area is 112 Å². The van der Waals surface area contributed by atoms with E-state index in [9.17, 15) is 13.2 Å². The van der Waals surface area contributed by atoms with Crippen LogP contribution in [0.15, 0.2) is 18.2 Å². The molecule has 19 heavy (non-hydrogen) atoms. The molecular weight excluding hydrogens is 281 g/mol. The highest BCUT2D eigenvalue weighted by Crippen LogP contribution is 2.20. The Hall–Kier alpha value is -1.27. The van der Waals surface area contributed by atoms with Gasteiger partial charge >= 0.3 is 0 Å². The second-order valence-corrected chi connectivity index (χ2v) is 4.15. The molecular formula is C12H12ClF3N2O. The van der Waals surface area contributed by atoms with Gasteiger partial charge < -0.3 is 9.30 Å². The Bertz CT molecular complexity index is 559. The van der Waals surface area contributed by atoms with Crippen molar-refractivity contribution in [2.75, 3.05) is 13.2 Å². The zero-order chi connectivity index (χ0) is 13.8. The van der Waals surface area contributed by atoms with Crippen LogP contribution in [-0.4, -0.2) is 29.2 Å². The monoisotopic (exact) mass is 292 g/mol. The molecule has 3 nitrogen and oxygen atoms in total. The molecule has 0 bridgehead atoms. The number of benzene rings is 1. The van der Waals surface area contributed by atoms with Crippen molar-refractivity contribution < 1.29 is 17.9 Å². The van der Waals surface area contributed by atoms with Gasteiger partial charge in [-0.05, 0) is 12.1 Å². The van der Waals surface area contributed by atoms with Crippen LogP contribution >= 0.6 is 11.6 Å². The lowest BCUT2D eigenvalue weighted by atomic mass is 10.3. The van der Waals surface area contributed by atoms with Crippen LogP contribution in [0, 0.1) is 5.82 Å². The zero-order valence-electron chi connectivity index (χ0n) is 9.95. The van der Waals surface area contributed by atoms with E-state index < -0.39 is 18.8 Å². The molecule has 2 aromatic rings. The summed E-state index contributed by atoms with van der Waals surface area (Å²) in [6.45, 7) is -0.220. The van der Waals surface area contributed by atoms with Crippen molar-refractivity contribution in [3.8, 4) is 0 Å². The highest BCUT2D eigenvalue weighted by Gasteiger charge is 2.13. The lowest BCUT2D eigenvalue weighted by molar-refractivity contribution is 0.0149. The van der Waals surface area contributed by atoms with E-state index in [0.29, 0.717) is 17.9 Å². The van der Waals surface area contributed by atoms with Crippen molar-refractivity contribution in [3.05, 3.63) is 29.8 Å². The smallest absolute Gasteiger partial charge is 0.261 e. The van der Waals surface area contributed by atoms with Gasteiger partial charge in [0.1, 0.15) is 17.9 Å². The first-order valence-electron chi connectivity index (χ1n) is 5.69. The molecule has 1 aromatic carbocycles. The van der Waals surface area contributed by atoms with E-state index in [1.165, 1.54) is 6.07 Å². The number of alkyl halides is 3. The van der Waals surface area contributed by atoms with Crippen molar-refractivity contribution in [1.29, 1.82) is 0 Å². The van der Waals surface area contributed by atoms with Crippen LogP contribution in [0.2, 0.25) is 0 Å². The van der Waals surface area contributed by atoms with Crippen molar-refractivity contribution in [1.82, 2.24) is 9.55 Å². The first-order valence-corrected chi connectivity index (χ1v) is 6.22. The number of imidazole rings is 1. The SMILES string of the molecule is Fc1cccc2c1nc(CCl)n2CCOCC(F)F. The van der Waals surface area contributed by atoms with E-state index in [4.69, 9.17) is 16.3 Å². The highest BCUT2D eigenvalue weighted by atomic mass is 35.5.